The molecule has 2 N–H and O–H groups in total. The molecule has 28 heavy (non-hydrogen) atoms. The number of amides is 1. The molecule has 0 saturated carbocycles. The first-order chi connectivity index (χ1) is 13.2. The Bertz CT molecular complexity index is 1020. The van der Waals surface area contributed by atoms with Gasteiger partial charge < -0.3 is 10.1 Å². The Labute approximate surface area is 166 Å². The van der Waals surface area contributed by atoms with Crippen molar-refractivity contribution >= 4 is 34.8 Å². The van der Waals surface area contributed by atoms with Gasteiger partial charge in [0.15, 0.2) is 18.1 Å². The van der Waals surface area contributed by atoms with E-state index in [9.17, 15) is 18.0 Å². The van der Waals surface area contributed by atoms with E-state index in [1.165, 1.54) is 23.9 Å². The van der Waals surface area contributed by atoms with Gasteiger partial charge in [-0.25, -0.2) is 4.68 Å². The zero-order valence-electron chi connectivity index (χ0n) is 14.1. The van der Waals surface area contributed by atoms with Crippen LogP contribution >= 0.6 is 23.2 Å². The third kappa shape index (κ3) is 4.23. The van der Waals surface area contributed by atoms with E-state index in [-0.39, 0.29) is 23.1 Å². The van der Waals surface area contributed by atoms with E-state index >= 15 is 0 Å². The molecule has 3 rings (SSSR count). The normalized spacial score (nSPS) is 11.5. The Hall–Kier alpha value is -2.72. The summed E-state index contributed by atoms with van der Waals surface area (Å²) in [5.74, 6) is -0.506. The number of carbonyl (C=O) groups excluding carboxylic acids is 1. The molecule has 0 atom stereocenters. The van der Waals surface area contributed by atoms with Crippen LogP contribution in [0.4, 0.5) is 18.9 Å². The average molecular weight is 434 g/mol. The zero-order valence-corrected chi connectivity index (χ0v) is 15.7. The molecule has 1 amide bonds. The molecule has 0 bridgehead atoms. The van der Waals surface area contributed by atoms with Crippen LogP contribution in [0, 0.1) is 6.92 Å². The second-order valence-electron chi connectivity index (χ2n) is 5.59. The number of halogens is 5. The van der Waals surface area contributed by atoms with Crippen molar-refractivity contribution < 1.29 is 22.7 Å². The average Bonchev–Trinajstić information content (AvgIpc) is 3.23. The van der Waals surface area contributed by atoms with Gasteiger partial charge in [0.05, 0.1) is 16.4 Å². The Morgan fingerprint density at radius 2 is 2.07 bits per heavy atom. The Morgan fingerprint density at radius 3 is 2.79 bits per heavy atom. The lowest BCUT2D eigenvalue weighted by molar-refractivity contribution is -0.140. The van der Waals surface area contributed by atoms with Gasteiger partial charge in [0.1, 0.15) is 10.8 Å². The first kappa shape index (κ1) is 20.0. The van der Waals surface area contributed by atoms with Crippen molar-refractivity contribution in [2.75, 3.05) is 5.32 Å². The number of anilines is 1. The highest BCUT2D eigenvalue weighted by atomic mass is 35.5. The number of hydrogen-bond donors (Lipinski definition) is 2. The number of aromatic amines is 1. The first-order valence-electron chi connectivity index (χ1n) is 7.70. The summed E-state index contributed by atoms with van der Waals surface area (Å²) in [6.07, 6.45) is -3.28. The highest BCUT2D eigenvalue weighted by Crippen LogP contribution is 2.35. The number of carbonyl (C=O) groups is 1. The topological polar surface area (TPSA) is 84.8 Å². The number of alkyl halides is 3. The smallest absolute Gasteiger partial charge is 0.437 e. The minimum Gasteiger partial charge on any atom is -0.470 e. The molecule has 0 aliphatic rings. The van der Waals surface area contributed by atoms with Crippen LogP contribution in [0.1, 0.15) is 21.9 Å². The Balaban J connectivity index is 1.70. The van der Waals surface area contributed by atoms with Crippen LogP contribution in [-0.4, -0.2) is 25.9 Å². The van der Waals surface area contributed by atoms with Gasteiger partial charge in [-0.3, -0.25) is 9.89 Å². The number of aryl methyl sites for hydroxylation is 1. The molecule has 0 radical (unpaired) electrons. The molecule has 7 nitrogen and oxygen atoms in total. The summed E-state index contributed by atoms with van der Waals surface area (Å²) < 4.78 is 45.6. The van der Waals surface area contributed by atoms with Gasteiger partial charge in [0.2, 0.25) is 0 Å². The summed E-state index contributed by atoms with van der Waals surface area (Å²) >= 11 is 11.9. The lowest BCUT2D eigenvalue weighted by Gasteiger charge is -2.09. The number of benzene rings is 1. The minimum atomic E-state index is -4.71. The molecule has 2 aromatic heterocycles. The lowest BCUT2D eigenvalue weighted by Crippen LogP contribution is -2.17. The SMILES string of the molecule is Cc1[nH]nc(C(F)(F)F)c1NC(=O)c1ccn(COc2cccc(Cl)c2Cl)n1. The van der Waals surface area contributed by atoms with Crippen LogP contribution in [0.25, 0.3) is 0 Å². The largest absolute Gasteiger partial charge is 0.470 e. The van der Waals surface area contributed by atoms with Crippen molar-refractivity contribution in [1.82, 2.24) is 20.0 Å². The van der Waals surface area contributed by atoms with E-state index in [2.05, 4.69) is 20.6 Å². The fourth-order valence-corrected chi connectivity index (χ4v) is 2.60. The molecule has 2 heterocycles. The highest BCUT2D eigenvalue weighted by Gasteiger charge is 2.38. The van der Waals surface area contributed by atoms with Crippen molar-refractivity contribution in [2.45, 2.75) is 19.8 Å². The molecule has 0 unspecified atom stereocenters. The molecular formula is C16H12Cl2F3N5O2. The maximum atomic E-state index is 13.0. The lowest BCUT2D eigenvalue weighted by atomic mass is 10.2. The third-order valence-electron chi connectivity index (χ3n) is 3.60. The van der Waals surface area contributed by atoms with Crippen LogP contribution in [0.3, 0.4) is 0 Å². The monoisotopic (exact) mass is 433 g/mol. The molecular weight excluding hydrogens is 422 g/mol. The van der Waals surface area contributed by atoms with Gasteiger partial charge in [0, 0.05) is 6.20 Å². The molecule has 0 spiro atoms. The summed E-state index contributed by atoms with van der Waals surface area (Å²) in [6, 6.07) is 6.18. The summed E-state index contributed by atoms with van der Waals surface area (Å²) in [5, 5.41) is 12.1. The number of ether oxygens (including phenoxy) is 1. The maximum Gasteiger partial charge on any atom is 0.437 e. The fraction of sp³-hybridized carbons (Fsp3) is 0.188. The molecule has 3 aromatic rings. The standard InChI is InChI=1S/C16H12Cl2F3N5O2/c1-8-13(14(24-23-8)16(19,20)21)22-15(27)10-5-6-26(25-10)7-28-11-4-2-3-9(17)12(11)18/h2-6H,7H2,1H3,(H,22,27)(H,23,24). The molecule has 1 aromatic carbocycles. The van der Waals surface area contributed by atoms with E-state index in [1.54, 1.807) is 18.2 Å². The molecule has 0 aliphatic carbocycles. The zero-order chi connectivity index (χ0) is 20.5. The summed E-state index contributed by atoms with van der Waals surface area (Å²) in [4.78, 5) is 12.3. The maximum absolute atomic E-state index is 13.0. The second kappa shape index (κ2) is 7.72. The van der Waals surface area contributed by atoms with E-state index in [1.807, 2.05) is 0 Å². The summed E-state index contributed by atoms with van der Waals surface area (Å²) in [5.41, 5.74) is -1.70. The minimum absolute atomic E-state index is 0.0686. The molecule has 0 saturated heterocycles. The van der Waals surface area contributed by atoms with Crippen molar-refractivity contribution in [2.24, 2.45) is 0 Å². The highest BCUT2D eigenvalue weighted by molar-refractivity contribution is 6.42. The van der Waals surface area contributed by atoms with Gasteiger partial charge >= 0.3 is 6.18 Å². The van der Waals surface area contributed by atoms with Crippen LogP contribution in [0.15, 0.2) is 30.5 Å². The van der Waals surface area contributed by atoms with Gasteiger partial charge in [-0.15, -0.1) is 0 Å². The van der Waals surface area contributed by atoms with Gasteiger partial charge in [-0.1, -0.05) is 29.3 Å². The van der Waals surface area contributed by atoms with Gasteiger partial charge in [-0.2, -0.15) is 23.4 Å². The van der Waals surface area contributed by atoms with Crippen LogP contribution in [-0.2, 0) is 12.9 Å². The summed E-state index contributed by atoms with van der Waals surface area (Å²) in [6.45, 7) is 1.27. The fourth-order valence-electron chi connectivity index (χ4n) is 2.25. The van der Waals surface area contributed by atoms with E-state index in [4.69, 9.17) is 27.9 Å². The van der Waals surface area contributed by atoms with Gasteiger partial charge in [-0.05, 0) is 25.1 Å². The predicted molar refractivity (Wildman–Crippen MR) is 95.6 cm³/mol. The predicted octanol–water partition coefficient (Wildman–Crippen LogP) is 4.53. The Kier molecular flexibility index (Phi) is 5.52. The first-order valence-corrected chi connectivity index (χ1v) is 8.46. The molecule has 12 heteroatoms. The van der Waals surface area contributed by atoms with Crippen LogP contribution in [0.2, 0.25) is 10.0 Å². The van der Waals surface area contributed by atoms with Crippen molar-refractivity contribution in [3.8, 4) is 5.75 Å². The number of H-pyrrole nitrogens is 1. The van der Waals surface area contributed by atoms with Crippen LogP contribution < -0.4 is 10.1 Å². The van der Waals surface area contributed by atoms with Crippen molar-refractivity contribution in [3.63, 3.8) is 0 Å². The number of rotatable bonds is 5. The van der Waals surface area contributed by atoms with Crippen molar-refractivity contribution in [3.05, 3.63) is 57.6 Å². The number of aromatic nitrogens is 4. The number of nitrogens with zero attached hydrogens (tertiary/aromatic N) is 3. The van der Waals surface area contributed by atoms with Crippen molar-refractivity contribution in [1.29, 1.82) is 0 Å². The molecule has 148 valence electrons. The quantitative estimate of drug-likeness (QED) is 0.618. The van der Waals surface area contributed by atoms with Gasteiger partial charge in [0.25, 0.3) is 5.91 Å². The van der Waals surface area contributed by atoms with E-state index < -0.39 is 23.5 Å². The number of nitrogens with one attached hydrogen (secondary N) is 2. The Morgan fingerprint density at radius 1 is 1.32 bits per heavy atom. The second-order valence-corrected chi connectivity index (χ2v) is 6.38. The third-order valence-corrected chi connectivity index (χ3v) is 4.40. The summed E-state index contributed by atoms with van der Waals surface area (Å²) in [7, 11) is 0. The molecule has 0 aliphatic heterocycles. The van der Waals surface area contributed by atoms with E-state index in [0.29, 0.717) is 10.8 Å². The molecule has 0 fully saturated rings. The van der Waals surface area contributed by atoms with E-state index in [0.717, 1.165) is 0 Å². The van der Waals surface area contributed by atoms with Crippen LogP contribution in [0.5, 0.6) is 5.75 Å². The number of hydrogen-bond acceptors (Lipinski definition) is 4.